The second-order valence-corrected chi connectivity index (χ2v) is 6.70. The molecule has 0 radical (unpaired) electrons. The molecular formula is C13H20N2O2S. The zero-order valence-electron chi connectivity index (χ0n) is 10.6. The number of hydrogen-bond donors (Lipinski definition) is 2. The molecule has 1 saturated carbocycles. The number of hydrogen-bond acceptors (Lipinski definition) is 3. The van der Waals surface area contributed by atoms with E-state index in [-0.39, 0.29) is 12.1 Å². The first kappa shape index (κ1) is 13.5. The summed E-state index contributed by atoms with van der Waals surface area (Å²) in [7, 11) is -3.44. The molecule has 1 aromatic carbocycles. The van der Waals surface area contributed by atoms with Crippen molar-refractivity contribution >= 4 is 10.0 Å². The number of nitrogens with one attached hydrogen (secondary N) is 1. The molecule has 2 unspecified atom stereocenters. The van der Waals surface area contributed by atoms with Crippen molar-refractivity contribution in [2.75, 3.05) is 0 Å². The van der Waals surface area contributed by atoms with Gasteiger partial charge in [-0.05, 0) is 31.9 Å². The second-order valence-electron chi connectivity index (χ2n) is 4.99. The number of benzene rings is 1. The summed E-state index contributed by atoms with van der Waals surface area (Å²) in [6.07, 6.45) is 3.84. The molecule has 1 aromatic rings. The minimum atomic E-state index is -3.44. The summed E-state index contributed by atoms with van der Waals surface area (Å²) in [5.74, 6) is 0. The van der Waals surface area contributed by atoms with Gasteiger partial charge in [-0.25, -0.2) is 13.1 Å². The molecule has 1 aliphatic rings. The van der Waals surface area contributed by atoms with Crippen LogP contribution in [0.5, 0.6) is 0 Å². The number of rotatable bonds is 3. The Morgan fingerprint density at radius 3 is 2.39 bits per heavy atom. The Labute approximate surface area is 109 Å². The largest absolute Gasteiger partial charge is 0.326 e. The van der Waals surface area contributed by atoms with E-state index in [1.165, 1.54) is 0 Å². The molecule has 0 bridgehead atoms. The van der Waals surface area contributed by atoms with Crippen molar-refractivity contribution in [1.29, 1.82) is 0 Å². The van der Waals surface area contributed by atoms with E-state index >= 15 is 0 Å². The van der Waals surface area contributed by atoms with Crippen molar-refractivity contribution in [3.05, 3.63) is 29.8 Å². The van der Waals surface area contributed by atoms with E-state index in [2.05, 4.69) is 4.72 Å². The second kappa shape index (κ2) is 5.38. The molecule has 1 fully saturated rings. The molecule has 0 saturated heterocycles. The van der Waals surface area contributed by atoms with E-state index < -0.39 is 10.0 Å². The van der Waals surface area contributed by atoms with Gasteiger partial charge in [-0.3, -0.25) is 0 Å². The standard InChI is InChI=1S/C13H20N2O2S/c1-10-6-8-11(9-7-10)18(16,17)15-13-5-3-2-4-12(13)14/h6-9,12-13,15H,2-5,14H2,1H3. The van der Waals surface area contributed by atoms with Gasteiger partial charge in [0.2, 0.25) is 10.0 Å². The van der Waals surface area contributed by atoms with Crippen LogP contribution in [0.25, 0.3) is 0 Å². The Morgan fingerprint density at radius 2 is 1.78 bits per heavy atom. The lowest BCUT2D eigenvalue weighted by molar-refractivity contribution is 0.361. The first-order valence-corrected chi connectivity index (χ1v) is 7.82. The maximum Gasteiger partial charge on any atom is 0.240 e. The maximum atomic E-state index is 12.2. The van der Waals surface area contributed by atoms with Crippen molar-refractivity contribution in [3.8, 4) is 0 Å². The molecule has 0 heterocycles. The average Bonchev–Trinajstić information content (AvgIpc) is 2.32. The number of sulfonamides is 1. The molecule has 0 spiro atoms. The predicted octanol–water partition coefficient (Wildman–Crippen LogP) is 1.54. The van der Waals surface area contributed by atoms with E-state index in [0.717, 1.165) is 31.2 Å². The molecule has 0 aromatic heterocycles. The van der Waals surface area contributed by atoms with Crippen LogP contribution in [0, 0.1) is 6.92 Å². The maximum absolute atomic E-state index is 12.2. The van der Waals surface area contributed by atoms with Gasteiger partial charge in [0.05, 0.1) is 4.90 Å². The fraction of sp³-hybridized carbons (Fsp3) is 0.538. The van der Waals surface area contributed by atoms with Gasteiger partial charge >= 0.3 is 0 Å². The Bertz CT molecular complexity index is 496. The topological polar surface area (TPSA) is 72.2 Å². The van der Waals surface area contributed by atoms with Crippen molar-refractivity contribution in [1.82, 2.24) is 4.72 Å². The lowest BCUT2D eigenvalue weighted by Gasteiger charge is -2.29. The third-order valence-corrected chi connectivity index (χ3v) is 4.96. The van der Waals surface area contributed by atoms with Crippen LogP contribution in [-0.2, 0) is 10.0 Å². The molecular weight excluding hydrogens is 248 g/mol. The highest BCUT2D eigenvalue weighted by atomic mass is 32.2. The summed E-state index contributed by atoms with van der Waals surface area (Å²) in [5.41, 5.74) is 7.01. The smallest absolute Gasteiger partial charge is 0.240 e. The van der Waals surface area contributed by atoms with Crippen LogP contribution in [0.15, 0.2) is 29.2 Å². The monoisotopic (exact) mass is 268 g/mol. The van der Waals surface area contributed by atoms with Gasteiger partial charge in [0.25, 0.3) is 0 Å². The molecule has 18 heavy (non-hydrogen) atoms. The Kier molecular flexibility index (Phi) is 4.04. The van der Waals surface area contributed by atoms with Crippen molar-refractivity contribution in [2.45, 2.75) is 49.6 Å². The van der Waals surface area contributed by atoms with E-state index in [0.29, 0.717) is 4.90 Å². The van der Waals surface area contributed by atoms with Crippen LogP contribution in [-0.4, -0.2) is 20.5 Å². The van der Waals surface area contributed by atoms with Gasteiger partial charge in [0.1, 0.15) is 0 Å². The van der Waals surface area contributed by atoms with E-state index in [1.807, 2.05) is 6.92 Å². The summed E-state index contributed by atoms with van der Waals surface area (Å²) in [6.45, 7) is 1.93. The average molecular weight is 268 g/mol. The highest BCUT2D eigenvalue weighted by molar-refractivity contribution is 7.89. The van der Waals surface area contributed by atoms with E-state index in [9.17, 15) is 8.42 Å². The lowest BCUT2D eigenvalue weighted by Crippen LogP contribution is -2.49. The van der Waals surface area contributed by atoms with Crippen LogP contribution in [0.3, 0.4) is 0 Å². The zero-order valence-corrected chi connectivity index (χ0v) is 11.4. The molecule has 1 aliphatic carbocycles. The normalized spacial score (nSPS) is 25.0. The molecule has 2 rings (SSSR count). The summed E-state index contributed by atoms with van der Waals surface area (Å²) in [5, 5.41) is 0. The van der Waals surface area contributed by atoms with E-state index in [4.69, 9.17) is 5.73 Å². The van der Waals surface area contributed by atoms with E-state index in [1.54, 1.807) is 24.3 Å². The minimum absolute atomic E-state index is 0.0704. The van der Waals surface area contributed by atoms with Crippen LogP contribution in [0.2, 0.25) is 0 Å². The quantitative estimate of drug-likeness (QED) is 0.873. The van der Waals surface area contributed by atoms with Crippen molar-refractivity contribution < 1.29 is 8.42 Å². The van der Waals surface area contributed by atoms with Gasteiger partial charge in [-0.2, -0.15) is 0 Å². The molecule has 100 valence electrons. The highest BCUT2D eigenvalue weighted by Crippen LogP contribution is 2.19. The first-order chi connectivity index (χ1) is 8.49. The summed E-state index contributed by atoms with van der Waals surface area (Å²) < 4.78 is 27.1. The molecule has 0 amide bonds. The third-order valence-electron chi connectivity index (χ3n) is 3.46. The van der Waals surface area contributed by atoms with Crippen LogP contribution in [0.4, 0.5) is 0 Å². The summed E-state index contributed by atoms with van der Waals surface area (Å²) in [4.78, 5) is 0.311. The van der Waals surface area contributed by atoms with Gasteiger partial charge in [0.15, 0.2) is 0 Å². The van der Waals surface area contributed by atoms with Gasteiger partial charge in [-0.15, -0.1) is 0 Å². The van der Waals surface area contributed by atoms with Crippen molar-refractivity contribution in [3.63, 3.8) is 0 Å². The highest BCUT2D eigenvalue weighted by Gasteiger charge is 2.26. The first-order valence-electron chi connectivity index (χ1n) is 6.33. The third kappa shape index (κ3) is 3.10. The van der Waals surface area contributed by atoms with Gasteiger partial charge < -0.3 is 5.73 Å². The molecule has 4 nitrogen and oxygen atoms in total. The predicted molar refractivity (Wildman–Crippen MR) is 71.7 cm³/mol. The minimum Gasteiger partial charge on any atom is -0.326 e. The van der Waals surface area contributed by atoms with Gasteiger partial charge in [0, 0.05) is 12.1 Å². The zero-order chi connectivity index (χ0) is 13.2. The fourth-order valence-electron chi connectivity index (χ4n) is 2.29. The Morgan fingerprint density at radius 1 is 1.17 bits per heavy atom. The molecule has 0 aliphatic heterocycles. The molecule has 5 heteroatoms. The fourth-order valence-corrected chi connectivity index (χ4v) is 3.61. The van der Waals surface area contributed by atoms with Crippen LogP contribution >= 0.6 is 0 Å². The number of aryl methyl sites for hydroxylation is 1. The number of nitrogens with two attached hydrogens (primary N) is 1. The SMILES string of the molecule is Cc1ccc(S(=O)(=O)NC2CCCCC2N)cc1. The molecule has 3 N–H and O–H groups in total. The lowest BCUT2D eigenvalue weighted by atomic mass is 9.92. The molecule has 2 atom stereocenters. The Balaban J connectivity index is 2.13. The summed E-state index contributed by atoms with van der Waals surface area (Å²) in [6, 6.07) is 6.66. The van der Waals surface area contributed by atoms with Gasteiger partial charge in [-0.1, -0.05) is 30.5 Å². The summed E-state index contributed by atoms with van der Waals surface area (Å²) >= 11 is 0. The van der Waals surface area contributed by atoms with Crippen molar-refractivity contribution in [2.24, 2.45) is 5.73 Å². The van der Waals surface area contributed by atoms with Crippen LogP contribution in [0.1, 0.15) is 31.2 Å². The van der Waals surface area contributed by atoms with Crippen LogP contribution < -0.4 is 10.5 Å². The Hall–Kier alpha value is -0.910.